The molecule has 3 fully saturated rings. The first kappa shape index (κ1) is 29.4. The van der Waals surface area contributed by atoms with Gasteiger partial charge in [0.2, 0.25) is 17.7 Å². The molecule has 11 heteroatoms. The topological polar surface area (TPSA) is 123 Å². The number of nitrogens with one attached hydrogen (secondary N) is 3. The van der Waals surface area contributed by atoms with Crippen molar-refractivity contribution in [2.75, 3.05) is 11.9 Å². The summed E-state index contributed by atoms with van der Waals surface area (Å²) in [6.45, 7) is 4.52. The van der Waals surface area contributed by atoms with E-state index in [-0.39, 0.29) is 40.5 Å². The molecule has 2 aromatic rings. The van der Waals surface area contributed by atoms with Crippen LogP contribution in [0.5, 0.6) is 0 Å². The van der Waals surface area contributed by atoms with Gasteiger partial charge in [0.1, 0.15) is 17.3 Å². The summed E-state index contributed by atoms with van der Waals surface area (Å²) in [5.74, 6) is -2.79. The average molecular weight is 618 g/mol. The first-order valence-corrected chi connectivity index (χ1v) is 15.2. The first-order chi connectivity index (χ1) is 19.9. The molecular formula is C31H35Cl2FN4O4. The van der Waals surface area contributed by atoms with Crippen LogP contribution >= 0.6 is 23.2 Å². The molecule has 6 rings (SSSR count). The minimum atomic E-state index is -1.32. The molecule has 5 atom stereocenters. The molecule has 0 bridgehead atoms. The Morgan fingerprint density at radius 2 is 1.83 bits per heavy atom. The third-order valence-electron chi connectivity index (χ3n) is 10.00. The lowest BCUT2D eigenvalue weighted by Gasteiger charge is -2.50. The summed E-state index contributed by atoms with van der Waals surface area (Å²) in [6, 6.07) is 8.64. The molecule has 3 aliphatic heterocycles. The van der Waals surface area contributed by atoms with E-state index in [1.807, 2.05) is 6.07 Å². The number of carbonyl (C=O) groups excluding carboxylic acids is 3. The smallest absolute Gasteiger partial charge is 0.246 e. The molecule has 2 aromatic carbocycles. The first-order valence-electron chi connectivity index (χ1n) is 14.4. The maximum atomic E-state index is 16.0. The molecule has 1 saturated carbocycles. The highest BCUT2D eigenvalue weighted by molar-refractivity contribution is 6.31. The predicted octanol–water partition coefficient (Wildman–Crippen LogP) is 4.57. The Hall–Kier alpha value is -2.72. The van der Waals surface area contributed by atoms with Crippen LogP contribution in [-0.2, 0) is 24.5 Å². The van der Waals surface area contributed by atoms with Crippen molar-refractivity contribution in [1.29, 1.82) is 0 Å². The summed E-state index contributed by atoms with van der Waals surface area (Å²) in [6.07, 6.45) is 3.00. The Morgan fingerprint density at radius 3 is 2.50 bits per heavy atom. The molecule has 2 spiro atoms. The van der Waals surface area contributed by atoms with E-state index in [2.05, 4.69) is 29.8 Å². The quantitative estimate of drug-likeness (QED) is 0.401. The molecule has 42 heavy (non-hydrogen) atoms. The van der Waals surface area contributed by atoms with Crippen molar-refractivity contribution in [1.82, 2.24) is 10.6 Å². The van der Waals surface area contributed by atoms with Crippen molar-refractivity contribution in [2.24, 2.45) is 11.1 Å². The number of nitrogens with two attached hydrogens (primary N) is 1. The standard InChI is InChI=1S/C31H35Cl2FN4O4/c1-29(2)10-12-30(13-11-29)31(19-8-6-16(32)14-21(19)37-28(31)41)23(18-4-3-5-20(33)24(18)34)25(38-30)27(40)36-17-7-9-22(26(35)39)42-15-17/h3-6,8,14,17,22-23,25,38H,7,9-13,15H2,1-2H3,(H2,35,39)(H,36,40)(H,37,41)/t17-,22+,23+,25-,31-/m1/s1. The summed E-state index contributed by atoms with van der Waals surface area (Å²) >= 11 is 12.7. The lowest BCUT2D eigenvalue weighted by molar-refractivity contribution is -0.134. The Morgan fingerprint density at radius 1 is 1.10 bits per heavy atom. The highest BCUT2D eigenvalue weighted by atomic mass is 35.5. The lowest BCUT2D eigenvalue weighted by atomic mass is 9.53. The number of fused-ring (bicyclic) bond motifs is 3. The summed E-state index contributed by atoms with van der Waals surface area (Å²) in [7, 11) is 0. The van der Waals surface area contributed by atoms with Crippen LogP contribution < -0.4 is 21.7 Å². The van der Waals surface area contributed by atoms with E-state index >= 15 is 4.39 Å². The maximum Gasteiger partial charge on any atom is 0.246 e. The van der Waals surface area contributed by atoms with E-state index in [4.69, 9.17) is 33.7 Å². The number of rotatable bonds is 4. The normalized spacial score (nSPS) is 31.1. The number of ether oxygens (including phenoxy) is 1. The lowest BCUT2D eigenvalue weighted by Crippen LogP contribution is -2.61. The highest BCUT2D eigenvalue weighted by Crippen LogP contribution is 2.64. The van der Waals surface area contributed by atoms with Crippen LogP contribution in [0.15, 0.2) is 36.4 Å². The predicted molar refractivity (Wildman–Crippen MR) is 158 cm³/mol. The summed E-state index contributed by atoms with van der Waals surface area (Å²) in [5.41, 5.74) is 4.71. The van der Waals surface area contributed by atoms with E-state index in [0.29, 0.717) is 42.0 Å². The van der Waals surface area contributed by atoms with Crippen LogP contribution in [0.3, 0.4) is 0 Å². The zero-order valence-electron chi connectivity index (χ0n) is 23.6. The van der Waals surface area contributed by atoms with Gasteiger partial charge in [-0.3, -0.25) is 19.7 Å². The Bertz CT molecular complexity index is 1450. The molecular weight excluding hydrogens is 582 g/mol. The summed E-state index contributed by atoms with van der Waals surface area (Å²) in [5, 5.41) is 10.1. The third kappa shape index (κ3) is 4.51. The van der Waals surface area contributed by atoms with Gasteiger partial charge in [0.15, 0.2) is 0 Å². The maximum absolute atomic E-state index is 16.0. The van der Waals surface area contributed by atoms with Crippen LogP contribution in [0.4, 0.5) is 10.1 Å². The van der Waals surface area contributed by atoms with Crippen molar-refractivity contribution < 1.29 is 23.5 Å². The summed E-state index contributed by atoms with van der Waals surface area (Å²) < 4.78 is 21.6. The second kappa shape index (κ2) is 10.5. The van der Waals surface area contributed by atoms with Crippen LogP contribution in [-0.4, -0.2) is 48.1 Å². The highest BCUT2D eigenvalue weighted by Gasteiger charge is 2.73. The van der Waals surface area contributed by atoms with E-state index in [9.17, 15) is 14.4 Å². The molecule has 2 saturated heterocycles. The van der Waals surface area contributed by atoms with Gasteiger partial charge in [0, 0.05) is 22.2 Å². The number of hydrogen-bond acceptors (Lipinski definition) is 5. The third-order valence-corrected chi connectivity index (χ3v) is 10.5. The average Bonchev–Trinajstić information content (AvgIpc) is 3.40. The van der Waals surface area contributed by atoms with Crippen LogP contribution in [0.1, 0.15) is 69.4 Å². The van der Waals surface area contributed by atoms with Crippen molar-refractivity contribution in [3.05, 3.63) is 63.4 Å². The van der Waals surface area contributed by atoms with E-state index < -0.39 is 40.7 Å². The van der Waals surface area contributed by atoms with Crippen molar-refractivity contribution in [3.8, 4) is 0 Å². The van der Waals surface area contributed by atoms with Crippen LogP contribution in [0.2, 0.25) is 10.0 Å². The van der Waals surface area contributed by atoms with Gasteiger partial charge in [0.25, 0.3) is 0 Å². The van der Waals surface area contributed by atoms with Gasteiger partial charge in [-0.25, -0.2) is 4.39 Å². The second-order valence-electron chi connectivity index (χ2n) is 12.9. The number of primary amides is 1. The van der Waals surface area contributed by atoms with Crippen molar-refractivity contribution in [2.45, 2.75) is 87.4 Å². The molecule has 3 heterocycles. The zero-order valence-corrected chi connectivity index (χ0v) is 25.1. The van der Waals surface area contributed by atoms with Crippen molar-refractivity contribution >= 4 is 46.6 Å². The SMILES string of the molecule is CC1(C)CCC2(CC1)N[C@@H](C(=O)N[C@@H]1CC[C@@H](C(N)=O)OC1)[C@H](c1cccc(Cl)c1F)[C@]21C(=O)Nc2cc(Cl)ccc21. The van der Waals surface area contributed by atoms with Gasteiger partial charge in [-0.15, -0.1) is 0 Å². The second-order valence-corrected chi connectivity index (χ2v) is 13.8. The van der Waals surface area contributed by atoms with Crippen molar-refractivity contribution in [3.63, 3.8) is 0 Å². The fourth-order valence-corrected chi connectivity index (χ4v) is 8.15. The van der Waals surface area contributed by atoms with Crippen LogP contribution in [0, 0.1) is 11.2 Å². The molecule has 1 aliphatic carbocycles. The Balaban J connectivity index is 1.49. The van der Waals surface area contributed by atoms with Gasteiger partial charge >= 0.3 is 0 Å². The molecule has 4 aliphatic rings. The Labute approximate surface area is 254 Å². The molecule has 0 radical (unpaired) electrons. The van der Waals surface area contributed by atoms with Gasteiger partial charge < -0.3 is 21.1 Å². The minimum absolute atomic E-state index is 0.0412. The molecule has 5 N–H and O–H groups in total. The fourth-order valence-electron chi connectivity index (χ4n) is 7.80. The molecule has 0 aromatic heterocycles. The minimum Gasteiger partial charge on any atom is -0.367 e. The van der Waals surface area contributed by atoms with E-state index in [0.717, 1.165) is 12.8 Å². The van der Waals surface area contributed by atoms with Gasteiger partial charge in [-0.2, -0.15) is 0 Å². The molecule has 224 valence electrons. The van der Waals surface area contributed by atoms with E-state index in [1.54, 1.807) is 24.3 Å². The largest absolute Gasteiger partial charge is 0.367 e. The van der Waals surface area contributed by atoms with Gasteiger partial charge in [-0.1, -0.05) is 55.2 Å². The number of benzene rings is 2. The van der Waals surface area contributed by atoms with Gasteiger partial charge in [-0.05, 0) is 73.3 Å². The number of anilines is 1. The van der Waals surface area contributed by atoms with E-state index in [1.165, 1.54) is 6.07 Å². The summed E-state index contributed by atoms with van der Waals surface area (Å²) in [4.78, 5) is 40.3. The monoisotopic (exact) mass is 616 g/mol. The molecule has 0 unspecified atom stereocenters. The Kier molecular flexibility index (Phi) is 7.32. The molecule has 3 amide bonds. The number of carbonyl (C=O) groups is 3. The van der Waals surface area contributed by atoms with Crippen LogP contribution in [0.25, 0.3) is 0 Å². The number of halogens is 3. The van der Waals surface area contributed by atoms with Gasteiger partial charge in [0.05, 0.1) is 23.7 Å². The number of amides is 3. The fraction of sp³-hybridized carbons (Fsp3) is 0.516. The number of hydrogen-bond donors (Lipinski definition) is 4. The molecule has 8 nitrogen and oxygen atoms in total. The zero-order chi connectivity index (χ0) is 30.0.